The average molecular weight is 130 g/mol. The van der Waals surface area contributed by atoms with Gasteiger partial charge in [-0.25, -0.2) is 0 Å². The molecule has 9 heavy (non-hydrogen) atoms. The van der Waals surface area contributed by atoms with Crippen LogP contribution < -0.4 is 0 Å². The maximum absolute atomic E-state index is 9.12. The fourth-order valence-corrected chi connectivity index (χ4v) is 1.15. The van der Waals surface area contributed by atoms with E-state index in [1.165, 1.54) is 0 Å². The zero-order valence-electron chi connectivity index (χ0n) is 6.16. The van der Waals surface area contributed by atoms with E-state index >= 15 is 0 Å². The van der Waals surface area contributed by atoms with Crippen LogP contribution in [-0.2, 0) is 4.74 Å². The molecule has 1 saturated heterocycles. The molecule has 2 heteroatoms. The van der Waals surface area contributed by atoms with Gasteiger partial charge in [-0.05, 0) is 12.8 Å². The molecule has 0 amide bonds. The number of rotatable bonds is 0. The van der Waals surface area contributed by atoms with Gasteiger partial charge in [-0.15, -0.1) is 0 Å². The maximum Gasteiger partial charge on any atom is 0.157 e. The number of aliphatic hydroxyl groups excluding tert-OH is 1. The van der Waals surface area contributed by atoms with Crippen molar-refractivity contribution in [3.8, 4) is 0 Å². The molecule has 4 atom stereocenters. The Bertz CT molecular complexity index is 91.1. The minimum atomic E-state index is -0.532. The molecule has 1 fully saturated rings. The van der Waals surface area contributed by atoms with Gasteiger partial charge in [0.25, 0.3) is 0 Å². The molecule has 1 rings (SSSR count). The van der Waals surface area contributed by atoms with Gasteiger partial charge < -0.3 is 9.84 Å². The van der Waals surface area contributed by atoms with Crippen LogP contribution in [0.1, 0.15) is 20.8 Å². The van der Waals surface area contributed by atoms with Crippen LogP contribution in [0.3, 0.4) is 0 Å². The number of hydrogen-bond acceptors (Lipinski definition) is 2. The zero-order valence-corrected chi connectivity index (χ0v) is 6.16. The van der Waals surface area contributed by atoms with E-state index in [1.54, 1.807) is 0 Å². The van der Waals surface area contributed by atoms with Gasteiger partial charge in [0.2, 0.25) is 0 Å². The molecule has 0 aliphatic carbocycles. The molecule has 1 N–H and O–H groups in total. The topological polar surface area (TPSA) is 29.5 Å². The Kier molecular flexibility index (Phi) is 1.78. The van der Waals surface area contributed by atoms with E-state index in [-0.39, 0.29) is 6.10 Å². The van der Waals surface area contributed by atoms with Gasteiger partial charge in [0.05, 0.1) is 6.10 Å². The maximum atomic E-state index is 9.12. The summed E-state index contributed by atoms with van der Waals surface area (Å²) < 4.78 is 5.14. The second-order valence-electron chi connectivity index (χ2n) is 2.95. The van der Waals surface area contributed by atoms with Gasteiger partial charge in [-0.2, -0.15) is 0 Å². The van der Waals surface area contributed by atoms with Crippen molar-refractivity contribution >= 4 is 0 Å². The SMILES string of the molecule is CC1C(O)O[C@H](C)C1C. The zero-order chi connectivity index (χ0) is 7.02. The van der Waals surface area contributed by atoms with Crippen molar-refractivity contribution in [2.75, 3.05) is 0 Å². The summed E-state index contributed by atoms with van der Waals surface area (Å²) >= 11 is 0. The molecule has 2 nitrogen and oxygen atoms in total. The van der Waals surface area contributed by atoms with Crippen molar-refractivity contribution in [3.05, 3.63) is 0 Å². The number of aliphatic hydroxyl groups is 1. The van der Waals surface area contributed by atoms with Gasteiger partial charge in [0, 0.05) is 5.92 Å². The molecular weight excluding hydrogens is 116 g/mol. The Labute approximate surface area is 55.8 Å². The standard InChI is InChI=1S/C7H14O2/c1-4-5(2)7(8)9-6(4)3/h4-8H,1-3H3/t4?,5?,6-,7?/m1/s1. The predicted molar refractivity (Wildman–Crippen MR) is 34.9 cm³/mol. The summed E-state index contributed by atoms with van der Waals surface area (Å²) in [4.78, 5) is 0. The monoisotopic (exact) mass is 130 g/mol. The summed E-state index contributed by atoms with van der Waals surface area (Å²) in [5.74, 6) is 0.778. The Morgan fingerprint density at radius 1 is 1.11 bits per heavy atom. The van der Waals surface area contributed by atoms with Crippen molar-refractivity contribution in [1.29, 1.82) is 0 Å². The first-order valence-corrected chi connectivity index (χ1v) is 3.46. The highest BCUT2D eigenvalue weighted by Crippen LogP contribution is 2.29. The van der Waals surface area contributed by atoms with E-state index in [4.69, 9.17) is 9.84 Å². The van der Waals surface area contributed by atoms with Gasteiger partial charge in [0.1, 0.15) is 0 Å². The average Bonchev–Trinajstić information content (AvgIpc) is 1.98. The first kappa shape index (κ1) is 7.03. The lowest BCUT2D eigenvalue weighted by molar-refractivity contribution is -0.101. The van der Waals surface area contributed by atoms with Crippen molar-refractivity contribution in [2.45, 2.75) is 33.2 Å². The van der Waals surface area contributed by atoms with E-state index in [1.807, 2.05) is 13.8 Å². The van der Waals surface area contributed by atoms with Crippen molar-refractivity contribution < 1.29 is 9.84 Å². The third kappa shape index (κ3) is 1.10. The quantitative estimate of drug-likeness (QED) is 0.530. The summed E-state index contributed by atoms with van der Waals surface area (Å²) in [6.07, 6.45) is -0.315. The second-order valence-corrected chi connectivity index (χ2v) is 2.95. The van der Waals surface area contributed by atoms with Crippen LogP contribution in [-0.4, -0.2) is 17.5 Å². The van der Waals surface area contributed by atoms with Crippen molar-refractivity contribution in [2.24, 2.45) is 11.8 Å². The molecule has 0 aromatic carbocycles. The van der Waals surface area contributed by atoms with Gasteiger partial charge in [0.15, 0.2) is 6.29 Å². The van der Waals surface area contributed by atoms with Crippen molar-refractivity contribution in [1.82, 2.24) is 0 Å². The van der Waals surface area contributed by atoms with Gasteiger partial charge in [-0.1, -0.05) is 13.8 Å². The molecule has 0 aromatic heterocycles. The molecule has 0 saturated carbocycles. The van der Waals surface area contributed by atoms with Crippen LogP contribution in [0.15, 0.2) is 0 Å². The highest BCUT2D eigenvalue weighted by Gasteiger charge is 2.34. The minimum absolute atomic E-state index is 0.218. The fraction of sp³-hybridized carbons (Fsp3) is 1.00. The van der Waals surface area contributed by atoms with E-state index in [0.29, 0.717) is 11.8 Å². The normalized spacial score (nSPS) is 52.0. The summed E-state index contributed by atoms with van der Waals surface area (Å²) in [5.41, 5.74) is 0. The predicted octanol–water partition coefficient (Wildman–Crippen LogP) is 0.996. The van der Waals surface area contributed by atoms with E-state index in [0.717, 1.165) is 0 Å². The van der Waals surface area contributed by atoms with Crippen LogP contribution in [0.25, 0.3) is 0 Å². The molecule has 0 spiro atoms. The van der Waals surface area contributed by atoms with Crippen LogP contribution in [0, 0.1) is 11.8 Å². The highest BCUT2D eigenvalue weighted by molar-refractivity contribution is 4.76. The van der Waals surface area contributed by atoms with Crippen LogP contribution in [0.4, 0.5) is 0 Å². The van der Waals surface area contributed by atoms with Gasteiger partial charge >= 0.3 is 0 Å². The van der Waals surface area contributed by atoms with E-state index < -0.39 is 6.29 Å². The summed E-state index contributed by atoms with van der Waals surface area (Å²) in [7, 11) is 0. The first-order chi connectivity index (χ1) is 4.13. The van der Waals surface area contributed by atoms with Crippen LogP contribution in [0.5, 0.6) is 0 Å². The lowest BCUT2D eigenvalue weighted by atomic mass is 9.95. The highest BCUT2D eigenvalue weighted by atomic mass is 16.6. The van der Waals surface area contributed by atoms with Crippen LogP contribution >= 0.6 is 0 Å². The smallest absolute Gasteiger partial charge is 0.157 e. The number of ether oxygens (including phenoxy) is 1. The van der Waals surface area contributed by atoms with Crippen LogP contribution in [0.2, 0.25) is 0 Å². The molecular formula is C7H14O2. The van der Waals surface area contributed by atoms with E-state index in [2.05, 4.69) is 6.92 Å². The molecule has 54 valence electrons. The molecule has 0 aromatic rings. The first-order valence-electron chi connectivity index (χ1n) is 3.46. The summed E-state index contributed by atoms with van der Waals surface area (Å²) in [5, 5.41) is 9.12. The summed E-state index contributed by atoms with van der Waals surface area (Å²) in [6.45, 7) is 6.11. The van der Waals surface area contributed by atoms with E-state index in [9.17, 15) is 0 Å². The molecule has 1 aliphatic rings. The Balaban J connectivity index is 2.54. The molecule has 0 radical (unpaired) electrons. The lowest BCUT2D eigenvalue weighted by Gasteiger charge is -2.09. The Morgan fingerprint density at radius 2 is 1.67 bits per heavy atom. The number of hydrogen-bond donors (Lipinski definition) is 1. The third-order valence-electron chi connectivity index (χ3n) is 2.37. The molecule has 3 unspecified atom stereocenters. The Morgan fingerprint density at radius 3 is 1.78 bits per heavy atom. The largest absolute Gasteiger partial charge is 0.368 e. The fourth-order valence-electron chi connectivity index (χ4n) is 1.15. The lowest BCUT2D eigenvalue weighted by Crippen LogP contribution is -2.14. The van der Waals surface area contributed by atoms with Crippen molar-refractivity contribution in [3.63, 3.8) is 0 Å². The molecule has 1 aliphatic heterocycles. The summed E-state index contributed by atoms with van der Waals surface area (Å²) in [6, 6.07) is 0. The second kappa shape index (κ2) is 2.27. The Hall–Kier alpha value is -0.0800. The minimum Gasteiger partial charge on any atom is -0.368 e. The molecule has 1 heterocycles. The molecule has 0 bridgehead atoms. The van der Waals surface area contributed by atoms with Gasteiger partial charge in [-0.3, -0.25) is 0 Å². The third-order valence-corrected chi connectivity index (χ3v) is 2.37.